The molecule has 1 heterocycles. The van der Waals surface area contributed by atoms with Crippen molar-refractivity contribution < 1.29 is 8.42 Å². The highest BCUT2D eigenvalue weighted by atomic mass is 32.2. The second-order valence-corrected chi connectivity index (χ2v) is 7.86. The Labute approximate surface area is 131 Å². The van der Waals surface area contributed by atoms with E-state index in [2.05, 4.69) is 4.99 Å². The zero-order chi connectivity index (χ0) is 15.7. The molecule has 3 rings (SSSR count). The SMILES string of the molecule is CN(C(N)=NCCS(=O)(=O)N1CCc2ccccc21)C1CC1. The number of sulfonamides is 1. The first-order valence-electron chi connectivity index (χ1n) is 7.60. The van der Waals surface area contributed by atoms with Crippen LogP contribution >= 0.6 is 0 Å². The van der Waals surface area contributed by atoms with E-state index in [1.165, 1.54) is 4.31 Å². The minimum Gasteiger partial charge on any atom is -0.370 e. The van der Waals surface area contributed by atoms with Crippen molar-refractivity contribution in [2.24, 2.45) is 10.7 Å². The number of nitrogens with zero attached hydrogens (tertiary/aromatic N) is 3. The lowest BCUT2D eigenvalue weighted by Gasteiger charge is -2.20. The van der Waals surface area contributed by atoms with Crippen molar-refractivity contribution in [3.05, 3.63) is 29.8 Å². The molecule has 0 bridgehead atoms. The van der Waals surface area contributed by atoms with Crippen molar-refractivity contribution in [1.82, 2.24) is 4.90 Å². The van der Waals surface area contributed by atoms with Crippen molar-refractivity contribution >= 4 is 21.7 Å². The summed E-state index contributed by atoms with van der Waals surface area (Å²) in [5.74, 6) is 0.417. The molecule has 0 saturated heterocycles. The van der Waals surface area contributed by atoms with Gasteiger partial charge in [-0.1, -0.05) is 18.2 Å². The number of rotatable bonds is 5. The summed E-state index contributed by atoms with van der Waals surface area (Å²) in [6.45, 7) is 0.715. The molecule has 0 spiro atoms. The monoisotopic (exact) mass is 322 g/mol. The van der Waals surface area contributed by atoms with E-state index in [1.54, 1.807) is 0 Å². The fourth-order valence-electron chi connectivity index (χ4n) is 2.74. The van der Waals surface area contributed by atoms with E-state index in [1.807, 2.05) is 36.2 Å². The van der Waals surface area contributed by atoms with Crippen LogP contribution in [0.25, 0.3) is 0 Å². The molecule has 1 aromatic rings. The molecule has 1 aromatic carbocycles. The van der Waals surface area contributed by atoms with E-state index in [-0.39, 0.29) is 12.3 Å². The topological polar surface area (TPSA) is 79.0 Å². The van der Waals surface area contributed by atoms with E-state index in [9.17, 15) is 8.42 Å². The minimum atomic E-state index is -3.35. The van der Waals surface area contributed by atoms with Crippen LogP contribution in [0.2, 0.25) is 0 Å². The quantitative estimate of drug-likeness (QED) is 0.642. The van der Waals surface area contributed by atoms with Crippen molar-refractivity contribution in [2.75, 3.05) is 30.2 Å². The van der Waals surface area contributed by atoms with E-state index in [0.717, 1.165) is 30.5 Å². The molecule has 0 radical (unpaired) electrons. The number of hydrogen-bond acceptors (Lipinski definition) is 3. The molecule has 0 unspecified atom stereocenters. The summed E-state index contributed by atoms with van der Waals surface area (Å²) >= 11 is 0. The molecule has 1 aliphatic carbocycles. The Kier molecular flexibility index (Phi) is 3.99. The molecule has 0 atom stereocenters. The molecule has 120 valence electrons. The second kappa shape index (κ2) is 5.79. The standard InChI is InChI=1S/C15H22N4O2S/c1-18(13-6-7-13)15(16)17-9-11-22(20,21)19-10-8-12-4-2-3-5-14(12)19/h2-5,13H,6-11H2,1H3,(H2,16,17). The Morgan fingerprint density at radius 2 is 2.14 bits per heavy atom. The number of anilines is 1. The van der Waals surface area contributed by atoms with Gasteiger partial charge in [-0.3, -0.25) is 9.30 Å². The molecular formula is C15H22N4O2S. The van der Waals surface area contributed by atoms with Crippen LogP contribution in [-0.4, -0.2) is 51.2 Å². The summed E-state index contributed by atoms with van der Waals surface area (Å²) in [5.41, 5.74) is 7.77. The highest BCUT2D eigenvalue weighted by Crippen LogP contribution is 2.30. The van der Waals surface area contributed by atoms with E-state index in [4.69, 9.17) is 5.73 Å². The van der Waals surface area contributed by atoms with Crippen molar-refractivity contribution in [3.8, 4) is 0 Å². The normalized spacial score (nSPS) is 18.4. The maximum absolute atomic E-state index is 12.5. The van der Waals surface area contributed by atoms with Crippen LogP contribution in [0.15, 0.2) is 29.3 Å². The third-order valence-electron chi connectivity index (χ3n) is 4.26. The van der Waals surface area contributed by atoms with Crippen molar-refractivity contribution in [3.63, 3.8) is 0 Å². The zero-order valence-electron chi connectivity index (χ0n) is 12.8. The molecule has 6 nitrogen and oxygen atoms in total. The molecule has 0 aromatic heterocycles. The molecule has 1 saturated carbocycles. The Bertz CT molecular complexity index is 683. The minimum absolute atomic E-state index is 0.0134. The Morgan fingerprint density at radius 3 is 2.86 bits per heavy atom. The number of nitrogens with two attached hydrogens (primary N) is 1. The number of fused-ring (bicyclic) bond motifs is 1. The van der Waals surface area contributed by atoms with Gasteiger partial charge in [-0.25, -0.2) is 8.42 Å². The molecule has 2 N–H and O–H groups in total. The van der Waals surface area contributed by atoms with Gasteiger partial charge in [0.15, 0.2) is 5.96 Å². The fourth-order valence-corrected chi connectivity index (χ4v) is 4.13. The first-order chi connectivity index (χ1) is 10.5. The van der Waals surface area contributed by atoms with Gasteiger partial charge in [0.05, 0.1) is 18.0 Å². The molecule has 22 heavy (non-hydrogen) atoms. The average Bonchev–Trinajstić information content (AvgIpc) is 3.24. The van der Waals surface area contributed by atoms with Gasteiger partial charge < -0.3 is 10.6 Å². The average molecular weight is 322 g/mol. The zero-order valence-corrected chi connectivity index (χ0v) is 13.6. The van der Waals surface area contributed by atoms with Crippen LogP contribution in [0, 0.1) is 0 Å². The summed E-state index contributed by atoms with van der Waals surface area (Å²) in [5, 5.41) is 0. The van der Waals surface area contributed by atoms with Gasteiger partial charge in [-0.2, -0.15) is 0 Å². The van der Waals surface area contributed by atoms with Crippen LogP contribution in [0.4, 0.5) is 5.69 Å². The van der Waals surface area contributed by atoms with E-state index >= 15 is 0 Å². The van der Waals surface area contributed by atoms with Gasteiger partial charge in [0.2, 0.25) is 10.0 Å². The summed E-state index contributed by atoms with van der Waals surface area (Å²) in [7, 11) is -1.44. The predicted molar refractivity (Wildman–Crippen MR) is 88.6 cm³/mol. The van der Waals surface area contributed by atoms with Gasteiger partial charge in [-0.15, -0.1) is 0 Å². The van der Waals surface area contributed by atoms with Gasteiger partial charge in [-0.05, 0) is 30.9 Å². The van der Waals surface area contributed by atoms with Crippen LogP contribution in [0.1, 0.15) is 18.4 Å². The summed E-state index contributed by atoms with van der Waals surface area (Å²) in [4.78, 5) is 6.14. The Hall–Kier alpha value is -1.76. The highest BCUT2D eigenvalue weighted by molar-refractivity contribution is 7.92. The maximum atomic E-state index is 12.5. The summed E-state index contributed by atoms with van der Waals surface area (Å²) in [6, 6.07) is 8.12. The molecule has 2 aliphatic rings. The number of hydrogen-bond donors (Lipinski definition) is 1. The first kappa shape index (κ1) is 15.1. The van der Waals surface area contributed by atoms with Crippen LogP contribution < -0.4 is 10.0 Å². The number of guanidine groups is 1. The number of aliphatic imine (C=N–C) groups is 1. The first-order valence-corrected chi connectivity index (χ1v) is 9.21. The highest BCUT2D eigenvalue weighted by Gasteiger charge is 2.29. The smallest absolute Gasteiger partial charge is 0.237 e. The second-order valence-electron chi connectivity index (χ2n) is 5.85. The largest absolute Gasteiger partial charge is 0.370 e. The third kappa shape index (κ3) is 3.04. The van der Waals surface area contributed by atoms with Gasteiger partial charge in [0.25, 0.3) is 0 Å². The van der Waals surface area contributed by atoms with Crippen LogP contribution in [0.5, 0.6) is 0 Å². The van der Waals surface area contributed by atoms with Gasteiger partial charge >= 0.3 is 0 Å². The van der Waals surface area contributed by atoms with Gasteiger partial charge in [0.1, 0.15) is 0 Å². The van der Waals surface area contributed by atoms with Crippen molar-refractivity contribution in [2.45, 2.75) is 25.3 Å². The summed E-state index contributed by atoms with van der Waals surface area (Å²) in [6.07, 6.45) is 3.04. The Morgan fingerprint density at radius 1 is 1.41 bits per heavy atom. The van der Waals surface area contributed by atoms with Crippen LogP contribution in [-0.2, 0) is 16.4 Å². The van der Waals surface area contributed by atoms with E-state index in [0.29, 0.717) is 18.5 Å². The lowest BCUT2D eigenvalue weighted by atomic mass is 10.2. The van der Waals surface area contributed by atoms with Gasteiger partial charge in [0, 0.05) is 19.6 Å². The predicted octanol–water partition coefficient (Wildman–Crippen LogP) is 0.788. The molecule has 7 heteroatoms. The molecular weight excluding hydrogens is 300 g/mol. The summed E-state index contributed by atoms with van der Waals surface area (Å²) < 4.78 is 26.5. The number of para-hydroxylation sites is 1. The van der Waals surface area contributed by atoms with Crippen LogP contribution in [0.3, 0.4) is 0 Å². The third-order valence-corrected chi connectivity index (χ3v) is 6.01. The number of benzene rings is 1. The molecule has 0 amide bonds. The Balaban J connectivity index is 1.63. The van der Waals surface area contributed by atoms with E-state index < -0.39 is 10.0 Å². The maximum Gasteiger partial charge on any atom is 0.237 e. The lowest BCUT2D eigenvalue weighted by molar-refractivity contribution is 0.488. The van der Waals surface area contributed by atoms with Crippen molar-refractivity contribution in [1.29, 1.82) is 0 Å². The molecule has 1 fully saturated rings. The fraction of sp³-hybridized carbons (Fsp3) is 0.533. The molecule has 1 aliphatic heterocycles. The lowest BCUT2D eigenvalue weighted by Crippen LogP contribution is -2.37.